The lowest BCUT2D eigenvalue weighted by Gasteiger charge is -2.31. The van der Waals surface area contributed by atoms with Gasteiger partial charge in [-0.1, -0.05) is 149 Å². The molecular weight excluding hydrogens is 591 g/mol. The van der Waals surface area contributed by atoms with Gasteiger partial charge < -0.3 is 4.90 Å². The molecule has 0 radical (unpaired) electrons. The Morgan fingerprint density at radius 2 is 0.816 bits per heavy atom. The van der Waals surface area contributed by atoms with Gasteiger partial charge in [-0.3, -0.25) is 0 Å². The second kappa shape index (κ2) is 9.94. The summed E-state index contributed by atoms with van der Waals surface area (Å²) >= 11 is 0. The third kappa shape index (κ3) is 3.88. The van der Waals surface area contributed by atoms with Crippen LogP contribution >= 0.6 is 0 Å². The van der Waals surface area contributed by atoms with Crippen LogP contribution in [0.15, 0.2) is 152 Å². The number of rotatable bonds is 3. The summed E-state index contributed by atoms with van der Waals surface area (Å²) in [6, 6.07) is 56.9. The molecule has 0 aromatic heterocycles. The van der Waals surface area contributed by atoms with E-state index in [0.29, 0.717) is 0 Å². The Morgan fingerprint density at radius 1 is 0.347 bits per heavy atom. The molecule has 0 bridgehead atoms. The first-order chi connectivity index (χ1) is 23.8. The van der Waals surface area contributed by atoms with Crippen LogP contribution in [0.5, 0.6) is 0 Å². The van der Waals surface area contributed by atoms with Crippen molar-refractivity contribution in [3.63, 3.8) is 0 Å². The van der Waals surface area contributed by atoms with E-state index in [2.05, 4.69) is 184 Å². The third-order valence-electron chi connectivity index (χ3n) is 11.6. The lowest BCUT2D eigenvalue weighted by molar-refractivity contribution is 0.660. The van der Waals surface area contributed by atoms with Gasteiger partial charge in [-0.05, 0) is 102 Å². The topological polar surface area (TPSA) is 3.24 Å². The molecule has 2 aliphatic rings. The predicted octanol–water partition coefficient (Wildman–Crippen LogP) is 13.2. The van der Waals surface area contributed by atoms with Gasteiger partial charge in [-0.15, -0.1) is 0 Å². The van der Waals surface area contributed by atoms with E-state index in [0.717, 1.165) is 0 Å². The fourth-order valence-electron chi connectivity index (χ4n) is 9.12. The third-order valence-corrected chi connectivity index (χ3v) is 11.6. The van der Waals surface area contributed by atoms with E-state index in [1.54, 1.807) is 0 Å². The molecule has 0 N–H and O–H groups in total. The van der Waals surface area contributed by atoms with E-state index in [4.69, 9.17) is 0 Å². The van der Waals surface area contributed by atoms with Crippen LogP contribution in [0.2, 0.25) is 0 Å². The number of hydrogen-bond donors (Lipinski definition) is 0. The van der Waals surface area contributed by atoms with Gasteiger partial charge in [0.1, 0.15) is 0 Å². The van der Waals surface area contributed by atoms with Gasteiger partial charge in [-0.25, -0.2) is 0 Å². The quantitative estimate of drug-likeness (QED) is 0.176. The maximum Gasteiger partial charge on any atom is 0.0546 e. The maximum absolute atomic E-state index is 2.53. The van der Waals surface area contributed by atoms with Crippen LogP contribution in [-0.2, 0) is 10.8 Å². The second-order valence-corrected chi connectivity index (χ2v) is 15.0. The number of anilines is 3. The highest BCUT2D eigenvalue weighted by molar-refractivity contribution is 6.21. The Labute approximate surface area is 288 Å². The summed E-state index contributed by atoms with van der Waals surface area (Å²) < 4.78 is 0. The Morgan fingerprint density at radius 3 is 1.43 bits per heavy atom. The molecule has 0 heterocycles. The van der Waals surface area contributed by atoms with Gasteiger partial charge >= 0.3 is 0 Å². The van der Waals surface area contributed by atoms with Gasteiger partial charge in [0.2, 0.25) is 0 Å². The van der Waals surface area contributed by atoms with Crippen LogP contribution in [0, 0.1) is 0 Å². The minimum atomic E-state index is -0.100. The minimum Gasteiger partial charge on any atom is -0.310 e. The van der Waals surface area contributed by atoms with E-state index < -0.39 is 0 Å². The van der Waals surface area contributed by atoms with Crippen molar-refractivity contribution in [1.29, 1.82) is 0 Å². The molecule has 2 aliphatic carbocycles. The Bertz CT molecular complexity index is 2570. The molecule has 10 rings (SSSR count). The van der Waals surface area contributed by atoms with Gasteiger partial charge in [0, 0.05) is 27.6 Å². The minimum absolute atomic E-state index is 0.100. The standard InChI is InChI=1S/C48H37N/c1-47(2)42-19-11-9-16-36(42)38-25-22-31(27-44(38)47)49(32-23-26-39-37-17-10-12-20-43(37)48(3,4)45(39)28-32)46-29-41-33-14-6-5-13-30(33)21-24-35(41)34-15-7-8-18-40(34)46/h5-29H,1-4H3. The number of nitrogens with zero attached hydrogens (tertiary/aromatic N) is 1. The number of hydrogen-bond acceptors (Lipinski definition) is 1. The van der Waals surface area contributed by atoms with Gasteiger partial charge in [-0.2, -0.15) is 0 Å². The summed E-state index contributed by atoms with van der Waals surface area (Å²) in [6.07, 6.45) is 0. The van der Waals surface area contributed by atoms with Crippen molar-refractivity contribution in [2.75, 3.05) is 4.90 Å². The molecule has 1 nitrogen and oxygen atoms in total. The molecule has 0 saturated carbocycles. The zero-order chi connectivity index (χ0) is 33.1. The zero-order valence-corrected chi connectivity index (χ0v) is 28.4. The van der Waals surface area contributed by atoms with Crippen LogP contribution in [0.25, 0.3) is 54.6 Å². The largest absolute Gasteiger partial charge is 0.310 e. The molecule has 0 unspecified atom stereocenters. The van der Waals surface area contributed by atoms with Crippen molar-refractivity contribution >= 4 is 49.4 Å². The Balaban J connectivity index is 1.28. The summed E-state index contributed by atoms with van der Waals surface area (Å²) in [5.74, 6) is 0. The van der Waals surface area contributed by atoms with E-state index in [1.807, 2.05) is 0 Å². The summed E-state index contributed by atoms with van der Waals surface area (Å²) in [5, 5.41) is 7.62. The molecule has 234 valence electrons. The normalized spacial score (nSPS) is 14.9. The molecule has 0 spiro atoms. The van der Waals surface area contributed by atoms with Crippen LogP contribution < -0.4 is 4.90 Å². The van der Waals surface area contributed by atoms with Gasteiger partial charge in [0.25, 0.3) is 0 Å². The maximum atomic E-state index is 2.53. The number of benzene rings is 8. The lowest BCUT2D eigenvalue weighted by atomic mass is 9.82. The number of fused-ring (bicyclic) bond motifs is 11. The van der Waals surface area contributed by atoms with Crippen molar-refractivity contribution in [2.45, 2.75) is 38.5 Å². The first-order valence-electron chi connectivity index (χ1n) is 17.4. The fourth-order valence-corrected chi connectivity index (χ4v) is 9.12. The summed E-state index contributed by atoms with van der Waals surface area (Å²) in [4.78, 5) is 2.53. The molecule has 0 fully saturated rings. The summed E-state index contributed by atoms with van der Waals surface area (Å²) in [5.41, 5.74) is 14.3. The van der Waals surface area contributed by atoms with Crippen molar-refractivity contribution in [3.8, 4) is 22.3 Å². The van der Waals surface area contributed by atoms with Crippen molar-refractivity contribution in [1.82, 2.24) is 0 Å². The van der Waals surface area contributed by atoms with Gasteiger partial charge in [0.05, 0.1) is 5.69 Å². The average molecular weight is 628 g/mol. The van der Waals surface area contributed by atoms with Crippen molar-refractivity contribution in [3.05, 3.63) is 174 Å². The Hall–Kier alpha value is -5.66. The molecule has 0 atom stereocenters. The Kier molecular flexibility index (Phi) is 5.75. The van der Waals surface area contributed by atoms with Crippen LogP contribution in [-0.4, -0.2) is 0 Å². The molecule has 49 heavy (non-hydrogen) atoms. The van der Waals surface area contributed by atoms with Crippen LogP contribution in [0.4, 0.5) is 17.1 Å². The zero-order valence-electron chi connectivity index (χ0n) is 28.4. The summed E-state index contributed by atoms with van der Waals surface area (Å²) in [6.45, 7) is 9.49. The van der Waals surface area contributed by atoms with Crippen LogP contribution in [0.3, 0.4) is 0 Å². The van der Waals surface area contributed by atoms with Crippen LogP contribution in [0.1, 0.15) is 49.9 Å². The highest BCUT2D eigenvalue weighted by atomic mass is 15.1. The van der Waals surface area contributed by atoms with Crippen molar-refractivity contribution < 1.29 is 0 Å². The van der Waals surface area contributed by atoms with E-state index in [1.165, 1.54) is 93.9 Å². The predicted molar refractivity (Wildman–Crippen MR) is 209 cm³/mol. The first-order valence-corrected chi connectivity index (χ1v) is 17.4. The molecule has 8 aromatic carbocycles. The summed E-state index contributed by atoms with van der Waals surface area (Å²) in [7, 11) is 0. The smallest absolute Gasteiger partial charge is 0.0546 e. The van der Waals surface area contributed by atoms with Gasteiger partial charge in [0.15, 0.2) is 0 Å². The van der Waals surface area contributed by atoms with E-state index in [-0.39, 0.29) is 10.8 Å². The molecule has 8 aromatic rings. The SMILES string of the molecule is CC1(C)c2ccccc2-c2ccc(N(c3ccc4c(c3)C(C)(C)c3ccccc3-4)c3cc4c5ccccc5ccc4c4ccccc34)cc21. The fraction of sp³-hybridized carbons (Fsp3) is 0.125. The second-order valence-electron chi connectivity index (χ2n) is 15.0. The van der Waals surface area contributed by atoms with Crippen molar-refractivity contribution in [2.24, 2.45) is 0 Å². The average Bonchev–Trinajstić information content (AvgIpc) is 3.51. The van der Waals surface area contributed by atoms with E-state index >= 15 is 0 Å². The highest BCUT2D eigenvalue weighted by Crippen LogP contribution is 2.54. The first kappa shape index (κ1) is 28.4. The highest BCUT2D eigenvalue weighted by Gasteiger charge is 2.37. The molecule has 1 heteroatoms. The monoisotopic (exact) mass is 627 g/mol. The molecule has 0 saturated heterocycles. The molecule has 0 aliphatic heterocycles. The lowest BCUT2D eigenvalue weighted by Crippen LogP contribution is -2.18. The molecule has 0 amide bonds. The van der Waals surface area contributed by atoms with E-state index in [9.17, 15) is 0 Å². The molecular formula is C48H37N.